The van der Waals surface area contributed by atoms with E-state index < -0.39 is 19.5 Å². The molecule has 4 aromatic heterocycles. The van der Waals surface area contributed by atoms with Crippen LogP contribution in [-0.4, -0.2) is 89.1 Å². The minimum atomic E-state index is -2.96. The minimum Gasteiger partial charge on any atom is -1.00 e. The number of aromatic nitrogens is 8. The molecule has 0 atom stereocenters. The Balaban J connectivity index is 0.000000173. The van der Waals surface area contributed by atoms with Gasteiger partial charge in [0.1, 0.15) is 67.6 Å². The molecule has 100 heavy (non-hydrogen) atoms. The standard InChI is InChI=1S/C19H16F2P.C18H14F2N2O.C17H14N2O2.C10H7N3.C9H7ClN2.C7H7.BrH.Mg/c20-19(21)22(16-10-4-1-5-11-16,17-12-6-2-7-13-17)18-14-8-3-9-15-18;1-11-21-15-6-4-3-5-14(15)17(22-11)16(18(19)20)12-7-9-13(23-2)10-8-12;1-11-18-15-6-4-3-5-14(15)16(19-11)17(20)12-7-9-13(21-2)10-8-12;1-7-12-9-5-3-2-4-8(9)10(6-11)13-7;1-6-11-8-5-3-2-4-7(8)9(10)12-6;1-7-5-3-2-4-6-7;;/h1-15,19H;3-10H,1-2H3;3-10H,1-2H3;2-5H,1H3;2-5H,1H3;3-6H,1H3;1H;/q+1;;;;;-1;;+2/p-1. The molecule has 4 heterocycles. The number of alkyl halides is 2. The summed E-state index contributed by atoms with van der Waals surface area (Å²) in [5.74, 6) is 3.59. The van der Waals surface area contributed by atoms with Gasteiger partial charge in [0, 0.05) is 27.1 Å². The summed E-state index contributed by atoms with van der Waals surface area (Å²) in [5, 5.41) is 14.6. The summed E-state index contributed by atoms with van der Waals surface area (Å²) in [7, 11) is 0.167. The molecular formula is C80H65BrClF4MgN9O3P+. The third-order valence-electron chi connectivity index (χ3n) is 15.0. The molecule has 496 valence electrons. The van der Waals surface area contributed by atoms with E-state index >= 15 is 0 Å². The molecular weight excluding hydrogens is 1380 g/mol. The summed E-state index contributed by atoms with van der Waals surface area (Å²) in [6.07, 6.45) is -4.22. The first-order valence-electron chi connectivity index (χ1n) is 30.7. The molecule has 0 unspecified atom stereocenters. The molecule has 0 bridgehead atoms. The normalized spacial score (nSPS) is 10.4. The molecule has 12 nitrogen and oxygen atoms in total. The molecule has 14 rings (SSSR count). The summed E-state index contributed by atoms with van der Waals surface area (Å²) < 4.78 is 66.5. The number of nitriles is 1. The zero-order valence-corrected chi connectivity index (χ0v) is 60.2. The smallest absolute Gasteiger partial charge is 1.00 e. The average Bonchev–Trinajstić information content (AvgIpc) is 0.743. The van der Waals surface area contributed by atoms with Crippen LogP contribution in [0.3, 0.4) is 0 Å². The predicted octanol–water partition coefficient (Wildman–Crippen LogP) is 14.8. The quantitative estimate of drug-likeness (QED) is 0.0319. The van der Waals surface area contributed by atoms with E-state index in [1.807, 2.05) is 201 Å². The SMILES string of the molecule is COc1ccc(C(=C(F)F)c2nc(C)nc3ccccc23)cc1.COc1ccc(C(=O)c2nc(C)nc3ccccc23)cc1.Cc1cc[c-]cc1.Cc1nc(C#N)c2ccccc2n1.Cc1nc(Cl)c2ccccc2n1.FC(F)[P+](c1ccccc1)(c1ccccc1)c1ccccc1.[Br-].[Mg+2]. The number of benzene rings is 10. The Bertz CT molecular complexity index is 4980. The van der Waals surface area contributed by atoms with Gasteiger partial charge in [-0.15, -0.1) is 0 Å². The van der Waals surface area contributed by atoms with Crippen LogP contribution in [-0.2, 0) is 0 Å². The van der Waals surface area contributed by atoms with Gasteiger partial charge in [-0.25, -0.2) is 39.9 Å². The van der Waals surface area contributed by atoms with Crippen LogP contribution in [0.1, 0.15) is 61.9 Å². The maximum Gasteiger partial charge on any atom is 2.00 e. The first-order valence-corrected chi connectivity index (χ1v) is 32.9. The first-order chi connectivity index (χ1) is 47.5. The van der Waals surface area contributed by atoms with E-state index in [9.17, 15) is 22.4 Å². The largest absolute Gasteiger partial charge is 2.00 e. The van der Waals surface area contributed by atoms with Gasteiger partial charge >= 0.3 is 29.2 Å². The van der Waals surface area contributed by atoms with Crippen molar-refractivity contribution in [2.24, 2.45) is 0 Å². The topological polar surface area (TPSA) is 162 Å². The van der Waals surface area contributed by atoms with E-state index in [2.05, 4.69) is 58.9 Å². The van der Waals surface area contributed by atoms with Crippen molar-refractivity contribution in [3.8, 4) is 17.6 Å². The maximum absolute atomic E-state index is 14.5. The number of hydrogen-bond acceptors (Lipinski definition) is 12. The van der Waals surface area contributed by atoms with Crippen LogP contribution in [0.4, 0.5) is 17.6 Å². The number of aryl methyl sites for hydroxylation is 5. The fraction of sp³-hybridized carbons (Fsp3) is 0.100. The fourth-order valence-electron chi connectivity index (χ4n) is 10.4. The van der Waals surface area contributed by atoms with E-state index in [0.29, 0.717) is 83.5 Å². The van der Waals surface area contributed by atoms with Crippen LogP contribution in [0.5, 0.6) is 11.5 Å². The summed E-state index contributed by atoms with van der Waals surface area (Å²) in [5.41, 5.74) is 6.33. The number of rotatable bonds is 10. The Hall–Kier alpha value is -10.3. The number of halogens is 6. The monoisotopic (exact) mass is 1440 g/mol. The first kappa shape index (κ1) is 77.1. The Kier molecular flexibility index (Phi) is 29.0. The number of ether oxygens (including phenoxy) is 2. The number of nitrogens with zero attached hydrogens (tertiary/aromatic N) is 9. The number of hydrogen-bond donors (Lipinski definition) is 0. The van der Waals surface area contributed by atoms with E-state index in [4.69, 9.17) is 26.3 Å². The summed E-state index contributed by atoms with van der Waals surface area (Å²) in [6, 6.07) is 83.7. The molecule has 0 radical (unpaired) electrons. The van der Waals surface area contributed by atoms with Crippen molar-refractivity contribution in [2.75, 3.05) is 14.2 Å². The Morgan fingerprint density at radius 3 is 1.20 bits per heavy atom. The van der Waals surface area contributed by atoms with Gasteiger partial charge in [-0.1, -0.05) is 146 Å². The zero-order chi connectivity index (χ0) is 69.6. The molecule has 0 saturated heterocycles. The van der Waals surface area contributed by atoms with Gasteiger partial charge in [0.2, 0.25) is 5.78 Å². The van der Waals surface area contributed by atoms with Crippen molar-refractivity contribution >= 4 is 113 Å². The third kappa shape index (κ3) is 19.6. The second kappa shape index (κ2) is 37.6. The number of para-hydroxylation sites is 4. The van der Waals surface area contributed by atoms with Gasteiger partial charge < -0.3 is 26.5 Å². The maximum atomic E-state index is 14.5. The van der Waals surface area contributed by atoms with Crippen molar-refractivity contribution in [2.45, 2.75) is 40.8 Å². The molecule has 10 aromatic carbocycles. The van der Waals surface area contributed by atoms with Crippen LogP contribution < -0.4 is 42.4 Å². The van der Waals surface area contributed by atoms with Gasteiger partial charge in [0.25, 0.3) is 6.08 Å². The summed E-state index contributed by atoms with van der Waals surface area (Å²) >= 11 is 5.91. The Labute approximate surface area is 610 Å². The molecule has 0 spiro atoms. The number of fused-ring (bicyclic) bond motifs is 4. The van der Waals surface area contributed by atoms with Crippen molar-refractivity contribution in [3.05, 3.63) is 335 Å². The van der Waals surface area contributed by atoms with Gasteiger partial charge in [-0.3, -0.25) is 4.79 Å². The Morgan fingerprint density at radius 1 is 0.450 bits per heavy atom. The third-order valence-corrected chi connectivity index (χ3v) is 19.2. The van der Waals surface area contributed by atoms with Gasteiger partial charge in [0.15, 0.2) is 13.0 Å². The molecule has 14 aromatic rings. The zero-order valence-electron chi connectivity index (χ0n) is 55.6. The summed E-state index contributed by atoms with van der Waals surface area (Å²) in [6.45, 7) is 9.16. The van der Waals surface area contributed by atoms with E-state index in [-0.39, 0.29) is 57.1 Å². The molecule has 0 amide bonds. The minimum absolute atomic E-state index is 0. The molecule has 0 fully saturated rings. The molecule has 0 N–H and O–H groups in total. The summed E-state index contributed by atoms with van der Waals surface area (Å²) in [4.78, 5) is 46.5. The number of carbonyl (C=O) groups is 1. The van der Waals surface area contributed by atoms with Crippen molar-refractivity contribution in [3.63, 3.8) is 0 Å². The molecule has 0 saturated carbocycles. The molecule has 0 aliphatic rings. The van der Waals surface area contributed by atoms with Crippen LogP contribution in [0.25, 0.3) is 49.2 Å². The van der Waals surface area contributed by atoms with Gasteiger partial charge in [-0.2, -0.15) is 58.7 Å². The van der Waals surface area contributed by atoms with Crippen molar-refractivity contribution < 1.29 is 48.8 Å². The van der Waals surface area contributed by atoms with Crippen molar-refractivity contribution in [1.29, 1.82) is 5.26 Å². The number of methoxy groups -OCH3 is 2. The second-order valence-corrected chi connectivity index (χ2v) is 25.3. The second-order valence-electron chi connectivity index (χ2n) is 21.6. The molecule has 0 aliphatic carbocycles. The van der Waals surface area contributed by atoms with Gasteiger partial charge in [0.05, 0.1) is 47.6 Å². The number of carbonyl (C=O) groups excluding carboxylic acids is 1. The van der Waals surface area contributed by atoms with Crippen molar-refractivity contribution in [1.82, 2.24) is 39.9 Å². The molecule has 0 aliphatic heterocycles. The van der Waals surface area contributed by atoms with Crippen LogP contribution in [0, 0.1) is 52.0 Å². The van der Waals surface area contributed by atoms with Gasteiger partial charge in [-0.05, 0) is 142 Å². The van der Waals surface area contributed by atoms with E-state index in [0.717, 1.165) is 38.5 Å². The van der Waals surface area contributed by atoms with E-state index in [1.165, 1.54) is 12.7 Å². The number of ketones is 1. The van der Waals surface area contributed by atoms with Crippen LogP contribution >= 0.6 is 18.9 Å². The predicted molar refractivity (Wildman–Crippen MR) is 391 cm³/mol. The Morgan fingerprint density at radius 2 is 0.800 bits per heavy atom. The van der Waals surface area contributed by atoms with E-state index in [1.54, 1.807) is 94.6 Å². The fourth-order valence-corrected chi connectivity index (χ4v) is 14.2. The van der Waals surface area contributed by atoms with Crippen LogP contribution in [0.15, 0.2) is 267 Å². The molecule has 20 heteroatoms. The van der Waals surface area contributed by atoms with Crippen LogP contribution in [0.2, 0.25) is 5.15 Å². The average molecular weight is 1450 g/mol.